The molecule has 2 saturated carbocycles. The number of nitrogens with one attached hydrogen (secondary N) is 1. The first-order valence-corrected chi connectivity index (χ1v) is 8.21. The van der Waals surface area contributed by atoms with Crippen molar-refractivity contribution in [1.82, 2.24) is 9.55 Å². The Morgan fingerprint density at radius 3 is 2.75 bits per heavy atom. The van der Waals surface area contributed by atoms with Gasteiger partial charge in [-0.05, 0) is 24.3 Å². The minimum Gasteiger partial charge on any atom is -0.392 e. The highest BCUT2D eigenvalue weighted by molar-refractivity contribution is 5.18. The van der Waals surface area contributed by atoms with Crippen LogP contribution in [0.5, 0.6) is 0 Å². The maximum Gasteiger partial charge on any atom is 0.328 e. The summed E-state index contributed by atoms with van der Waals surface area (Å²) in [6, 6.07) is 11.2. The van der Waals surface area contributed by atoms with Crippen LogP contribution in [0.4, 0.5) is 0 Å². The van der Waals surface area contributed by atoms with Gasteiger partial charge in [-0.25, -0.2) is 4.79 Å². The Kier molecular flexibility index (Phi) is 3.66. The number of H-pyrrole nitrogens is 1. The number of benzene rings is 1. The number of aromatic nitrogens is 2. The van der Waals surface area contributed by atoms with Crippen molar-refractivity contribution in [2.75, 3.05) is 6.61 Å². The summed E-state index contributed by atoms with van der Waals surface area (Å²) >= 11 is 0. The maximum absolute atomic E-state index is 12.0. The molecular weight excluding hydrogens is 308 g/mol. The van der Waals surface area contributed by atoms with E-state index in [1.54, 1.807) is 4.57 Å². The van der Waals surface area contributed by atoms with E-state index in [1.807, 2.05) is 30.3 Å². The Morgan fingerprint density at radius 1 is 1.25 bits per heavy atom. The molecule has 0 unspecified atom stereocenters. The maximum atomic E-state index is 12.0. The Hall–Kier alpha value is -2.18. The summed E-state index contributed by atoms with van der Waals surface area (Å²) < 4.78 is 7.39. The Bertz CT molecular complexity index is 844. The highest BCUT2D eigenvalue weighted by Crippen LogP contribution is 2.67. The first kappa shape index (κ1) is 15.4. The van der Waals surface area contributed by atoms with Crippen molar-refractivity contribution < 1.29 is 9.84 Å². The van der Waals surface area contributed by atoms with Crippen LogP contribution >= 0.6 is 0 Å². The molecule has 24 heavy (non-hydrogen) atoms. The zero-order valence-electron chi connectivity index (χ0n) is 13.2. The van der Waals surface area contributed by atoms with E-state index < -0.39 is 17.4 Å². The van der Waals surface area contributed by atoms with Crippen LogP contribution in [0.3, 0.4) is 0 Å². The topological polar surface area (TPSA) is 84.3 Å². The largest absolute Gasteiger partial charge is 0.392 e. The van der Waals surface area contributed by atoms with Crippen molar-refractivity contribution in [3.05, 3.63) is 69.0 Å². The Morgan fingerprint density at radius 2 is 2.04 bits per heavy atom. The summed E-state index contributed by atoms with van der Waals surface area (Å²) in [5.41, 5.74) is 0.0392. The second kappa shape index (κ2) is 5.72. The lowest BCUT2D eigenvalue weighted by molar-refractivity contribution is 0.0134. The standard InChI is InChI=1S/C18H20N2O4/c21-15-8-14(20-7-6-16(22)19-17(20)23)13-9-18(13,15)11-24-10-12-4-2-1-3-5-12/h1-7,13-15,21H,8-11H2,(H,19,22,23)/t13-,14+,15+,18+/m1/s1. The molecule has 0 saturated heterocycles. The SMILES string of the molecule is O=c1ccn([C@H]2C[C@H](O)[C@]3(COCc4ccccc4)C[C@H]23)c(=O)[nH]1. The Balaban J connectivity index is 1.45. The van der Waals surface area contributed by atoms with E-state index in [9.17, 15) is 14.7 Å². The molecule has 0 bridgehead atoms. The fraction of sp³-hybridized carbons (Fsp3) is 0.444. The molecule has 4 rings (SSSR count). The van der Waals surface area contributed by atoms with Crippen LogP contribution in [-0.2, 0) is 11.3 Å². The average molecular weight is 328 g/mol. The highest BCUT2D eigenvalue weighted by Gasteiger charge is 2.67. The number of nitrogens with zero attached hydrogens (tertiary/aromatic N) is 1. The molecule has 2 fully saturated rings. The van der Waals surface area contributed by atoms with Crippen molar-refractivity contribution in [2.24, 2.45) is 11.3 Å². The van der Waals surface area contributed by atoms with Gasteiger partial charge in [0.15, 0.2) is 0 Å². The second-order valence-corrected chi connectivity index (χ2v) is 6.86. The van der Waals surface area contributed by atoms with Gasteiger partial charge < -0.3 is 9.84 Å². The number of fused-ring (bicyclic) bond motifs is 1. The lowest BCUT2D eigenvalue weighted by Gasteiger charge is -2.18. The van der Waals surface area contributed by atoms with Crippen LogP contribution < -0.4 is 11.2 Å². The molecule has 2 N–H and O–H groups in total. The number of rotatable bonds is 5. The molecule has 6 nitrogen and oxygen atoms in total. The van der Waals surface area contributed by atoms with Crippen LogP contribution in [0.15, 0.2) is 52.2 Å². The second-order valence-electron chi connectivity index (χ2n) is 6.86. The van der Waals surface area contributed by atoms with E-state index >= 15 is 0 Å². The minimum atomic E-state index is -0.484. The van der Waals surface area contributed by atoms with Crippen LogP contribution in [0.2, 0.25) is 0 Å². The third-order valence-electron chi connectivity index (χ3n) is 5.46. The van der Waals surface area contributed by atoms with Crippen molar-refractivity contribution in [3.63, 3.8) is 0 Å². The molecule has 6 heteroatoms. The normalized spacial score (nSPS) is 31.0. The van der Waals surface area contributed by atoms with Gasteiger partial charge >= 0.3 is 5.69 Å². The van der Waals surface area contributed by atoms with Gasteiger partial charge in [0.2, 0.25) is 0 Å². The van der Waals surface area contributed by atoms with E-state index in [0.717, 1.165) is 12.0 Å². The molecule has 2 aliphatic rings. The average Bonchev–Trinajstić information content (AvgIpc) is 3.23. The fourth-order valence-corrected chi connectivity index (χ4v) is 4.07. The molecule has 0 amide bonds. The molecule has 126 valence electrons. The summed E-state index contributed by atoms with van der Waals surface area (Å²) in [5.74, 6) is 0.215. The van der Waals surface area contributed by atoms with Crippen LogP contribution in [0.25, 0.3) is 0 Å². The molecule has 0 spiro atoms. The molecule has 0 radical (unpaired) electrons. The van der Waals surface area contributed by atoms with Gasteiger partial charge in [-0.2, -0.15) is 0 Å². The number of hydrogen-bond donors (Lipinski definition) is 2. The predicted molar refractivity (Wildman–Crippen MR) is 87.6 cm³/mol. The lowest BCUT2D eigenvalue weighted by Crippen LogP contribution is -2.32. The summed E-state index contributed by atoms with van der Waals surface area (Å²) in [6.45, 7) is 1.01. The van der Waals surface area contributed by atoms with E-state index in [0.29, 0.717) is 19.6 Å². The summed E-state index contributed by atoms with van der Waals surface area (Å²) in [4.78, 5) is 25.5. The van der Waals surface area contributed by atoms with E-state index in [1.165, 1.54) is 12.3 Å². The smallest absolute Gasteiger partial charge is 0.328 e. The number of hydrogen-bond acceptors (Lipinski definition) is 4. The molecule has 1 heterocycles. The summed E-state index contributed by atoms with van der Waals surface area (Å²) in [7, 11) is 0. The van der Waals surface area contributed by atoms with E-state index in [-0.39, 0.29) is 17.4 Å². The number of aromatic amines is 1. The molecular formula is C18H20N2O4. The highest BCUT2D eigenvalue weighted by atomic mass is 16.5. The lowest BCUT2D eigenvalue weighted by atomic mass is 10.0. The minimum absolute atomic E-state index is 0.0790. The van der Waals surface area contributed by atoms with Gasteiger partial charge in [0.25, 0.3) is 5.56 Å². The van der Waals surface area contributed by atoms with Crippen LogP contribution in [0.1, 0.15) is 24.4 Å². The third kappa shape index (κ3) is 2.52. The third-order valence-corrected chi connectivity index (χ3v) is 5.46. The van der Waals surface area contributed by atoms with E-state index in [4.69, 9.17) is 4.74 Å². The fourth-order valence-electron chi connectivity index (χ4n) is 4.07. The van der Waals surface area contributed by atoms with Gasteiger partial charge in [0.05, 0.1) is 19.3 Å². The van der Waals surface area contributed by atoms with Gasteiger partial charge in [0.1, 0.15) is 0 Å². The van der Waals surface area contributed by atoms with Crippen LogP contribution in [-0.4, -0.2) is 27.4 Å². The van der Waals surface area contributed by atoms with Gasteiger partial charge in [-0.3, -0.25) is 14.3 Å². The zero-order valence-corrected chi connectivity index (χ0v) is 13.2. The van der Waals surface area contributed by atoms with Gasteiger partial charge in [0, 0.05) is 23.7 Å². The first-order valence-electron chi connectivity index (χ1n) is 8.21. The molecule has 1 aromatic carbocycles. The van der Waals surface area contributed by atoms with Crippen molar-refractivity contribution >= 4 is 0 Å². The van der Waals surface area contributed by atoms with Crippen LogP contribution in [0, 0.1) is 11.3 Å². The zero-order chi connectivity index (χ0) is 16.7. The number of aliphatic hydroxyl groups excluding tert-OH is 1. The Labute approximate surface area is 138 Å². The first-order chi connectivity index (χ1) is 11.6. The van der Waals surface area contributed by atoms with E-state index in [2.05, 4.69) is 4.98 Å². The monoisotopic (exact) mass is 328 g/mol. The van der Waals surface area contributed by atoms with Crippen molar-refractivity contribution in [3.8, 4) is 0 Å². The summed E-state index contributed by atoms with van der Waals surface area (Å²) in [5, 5.41) is 10.5. The molecule has 1 aromatic heterocycles. The van der Waals surface area contributed by atoms with Crippen molar-refractivity contribution in [2.45, 2.75) is 31.6 Å². The quantitative estimate of drug-likeness (QED) is 0.860. The summed E-state index contributed by atoms with van der Waals surface area (Å²) in [6.07, 6.45) is 2.41. The molecule has 4 atom stereocenters. The number of aliphatic hydroxyl groups is 1. The van der Waals surface area contributed by atoms with Crippen molar-refractivity contribution in [1.29, 1.82) is 0 Å². The number of ether oxygens (including phenoxy) is 1. The molecule has 2 aromatic rings. The predicted octanol–water partition coefficient (Wildman–Crippen LogP) is 1.07. The van der Waals surface area contributed by atoms with Gasteiger partial charge in [-0.15, -0.1) is 0 Å². The van der Waals surface area contributed by atoms with Gasteiger partial charge in [-0.1, -0.05) is 30.3 Å². The molecule has 2 aliphatic carbocycles. The molecule has 0 aliphatic heterocycles.